The molecule has 1 aromatic carbocycles. The highest BCUT2D eigenvalue weighted by Gasteiger charge is 2.17. The number of benzene rings is 1. The van der Waals surface area contributed by atoms with E-state index in [2.05, 4.69) is 20.2 Å². The van der Waals surface area contributed by atoms with Gasteiger partial charge in [-0.1, -0.05) is 28.9 Å². The third kappa shape index (κ3) is 3.02. The zero-order chi connectivity index (χ0) is 18.1. The molecule has 4 aromatic rings. The molecule has 0 atom stereocenters. The first kappa shape index (κ1) is 16.2. The highest BCUT2D eigenvalue weighted by Crippen LogP contribution is 2.26. The van der Waals surface area contributed by atoms with Crippen molar-refractivity contribution in [3.05, 3.63) is 65.3 Å². The van der Waals surface area contributed by atoms with Crippen molar-refractivity contribution >= 4 is 17.4 Å². The predicted octanol–water partition coefficient (Wildman–Crippen LogP) is 3.42. The Balaban J connectivity index is 1.81. The zero-order valence-corrected chi connectivity index (χ0v) is 14.1. The molecule has 130 valence electrons. The molecule has 4 rings (SSSR count). The number of hydrogen-bond donors (Lipinski definition) is 1. The van der Waals surface area contributed by atoms with Crippen molar-refractivity contribution in [1.29, 1.82) is 0 Å². The van der Waals surface area contributed by atoms with Gasteiger partial charge >= 0.3 is 0 Å². The molecule has 0 saturated heterocycles. The summed E-state index contributed by atoms with van der Waals surface area (Å²) in [6.07, 6.45) is 2.99. The van der Waals surface area contributed by atoms with Gasteiger partial charge in [-0.25, -0.2) is 14.4 Å². The standard InChI is InChI=1S/C17H12ClFN6O/c18-11-3-1-2-10(16(11)19)9-25-14(12-5-7-26-24-12)8-13(23-25)17-21-6-4-15(20)22-17/h1-8H,9H2,(H2,20,21,22). The maximum Gasteiger partial charge on any atom is 0.182 e. The van der Waals surface area contributed by atoms with E-state index in [1.807, 2.05) is 0 Å². The Morgan fingerprint density at radius 1 is 1.19 bits per heavy atom. The fourth-order valence-electron chi connectivity index (χ4n) is 2.53. The first-order valence-corrected chi connectivity index (χ1v) is 8.00. The van der Waals surface area contributed by atoms with E-state index in [0.717, 1.165) is 0 Å². The third-order valence-corrected chi connectivity index (χ3v) is 4.03. The van der Waals surface area contributed by atoms with Gasteiger partial charge in [-0.05, 0) is 18.2 Å². The molecule has 0 spiro atoms. The van der Waals surface area contributed by atoms with E-state index < -0.39 is 5.82 Å². The van der Waals surface area contributed by atoms with Gasteiger partial charge in [-0.15, -0.1) is 0 Å². The van der Waals surface area contributed by atoms with E-state index in [9.17, 15) is 4.39 Å². The summed E-state index contributed by atoms with van der Waals surface area (Å²) >= 11 is 5.87. The SMILES string of the molecule is Nc1ccnc(-c2cc(-c3ccon3)n(Cc3cccc(Cl)c3F)n2)n1. The molecule has 26 heavy (non-hydrogen) atoms. The number of anilines is 1. The smallest absolute Gasteiger partial charge is 0.182 e. The summed E-state index contributed by atoms with van der Waals surface area (Å²) < 4.78 is 20.8. The van der Waals surface area contributed by atoms with Crippen molar-refractivity contribution in [1.82, 2.24) is 24.9 Å². The molecular weight excluding hydrogens is 359 g/mol. The number of nitrogens with two attached hydrogens (primary N) is 1. The summed E-state index contributed by atoms with van der Waals surface area (Å²) in [5.41, 5.74) is 7.77. The number of nitrogen functional groups attached to an aromatic ring is 1. The molecule has 0 fully saturated rings. The second-order valence-corrected chi connectivity index (χ2v) is 5.88. The molecule has 0 unspecified atom stereocenters. The molecule has 9 heteroatoms. The van der Waals surface area contributed by atoms with Crippen LogP contribution in [0.5, 0.6) is 0 Å². The van der Waals surface area contributed by atoms with E-state index >= 15 is 0 Å². The lowest BCUT2D eigenvalue weighted by Crippen LogP contribution is -2.06. The molecule has 7 nitrogen and oxygen atoms in total. The Labute approximate surface area is 152 Å². The first-order valence-electron chi connectivity index (χ1n) is 7.62. The third-order valence-electron chi connectivity index (χ3n) is 3.74. The minimum Gasteiger partial charge on any atom is -0.384 e. The Morgan fingerprint density at radius 2 is 2.08 bits per heavy atom. The maximum absolute atomic E-state index is 14.3. The summed E-state index contributed by atoms with van der Waals surface area (Å²) in [6, 6.07) is 9.84. The van der Waals surface area contributed by atoms with Crippen molar-refractivity contribution in [3.63, 3.8) is 0 Å². The topological polar surface area (TPSA) is 95.7 Å². The van der Waals surface area contributed by atoms with Crippen molar-refractivity contribution in [2.45, 2.75) is 6.54 Å². The Bertz CT molecular complexity index is 1060. The van der Waals surface area contributed by atoms with Gasteiger partial charge in [0.2, 0.25) is 0 Å². The van der Waals surface area contributed by atoms with Crippen LogP contribution in [0.4, 0.5) is 10.2 Å². The van der Waals surface area contributed by atoms with E-state index in [1.165, 1.54) is 12.3 Å². The second-order valence-electron chi connectivity index (χ2n) is 5.48. The average Bonchev–Trinajstić information content (AvgIpc) is 3.28. The molecule has 0 radical (unpaired) electrons. The molecule has 0 amide bonds. The zero-order valence-electron chi connectivity index (χ0n) is 13.3. The van der Waals surface area contributed by atoms with Crippen LogP contribution in [-0.2, 0) is 6.54 Å². The van der Waals surface area contributed by atoms with Gasteiger partial charge in [0, 0.05) is 17.8 Å². The van der Waals surface area contributed by atoms with E-state index in [-0.39, 0.29) is 11.6 Å². The van der Waals surface area contributed by atoms with Crippen LogP contribution in [0.15, 0.2) is 53.4 Å². The molecule has 0 bridgehead atoms. The van der Waals surface area contributed by atoms with Gasteiger partial charge < -0.3 is 10.3 Å². The average molecular weight is 371 g/mol. The summed E-state index contributed by atoms with van der Waals surface area (Å²) in [6.45, 7) is 0.150. The van der Waals surface area contributed by atoms with Gasteiger partial charge in [0.05, 0.1) is 17.3 Å². The van der Waals surface area contributed by atoms with Crippen LogP contribution in [0.1, 0.15) is 5.56 Å². The van der Waals surface area contributed by atoms with Gasteiger partial charge in [-0.2, -0.15) is 5.10 Å². The fraction of sp³-hybridized carbons (Fsp3) is 0.0588. The van der Waals surface area contributed by atoms with Crippen molar-refractivity contribution in [2.75, 3.05) is 5.73 Å². The number of halogens is 2. The Hall–Kier alpha value is -3.26. The van der Waals surface area contributed by atoms with Crippen LogP contribution in [-0.4, -0.2) is 24.9 Å². The highest BCUT2D eigenvalue weighted by atomic mass is 35.5. The maximum atomic E-state index is 14.3. The summed E-state index contributed by atoms with van der Waals surface area (Å²) in [5, 5.41) is 8.47. The molecule has 0 aliphatic heterocycles. The summed E-state index contributed by atoms with van der Waals surface area (Å²) in [4.78, 5) is 8.35. The summed E-state index contributed by atoms with van der Waals surface area (Å²) in [7, 11) is 0. The lowest BCUT2D eigenvalue weighted by atomic mass is 10.2. The Morgan fingerprint density at radius 3 is 2.85 bits per heavy atom. The van der Waals surface area contributed by atoms with Gasteiger partial charge in [0.25, 0.3) is 0 Å². The molecular formula is C17H12ClFN6O. The van der Waals surface area contributed by atoms with E-state index in [1.54, 1.807) is 41.2 Å². The van der Waals surface area contributed by atoms with E-state index in [4.69, 9.17) is 21.9 Å². The van der Waals surface area contributed by atoms with Crippen LogP contribution in [0, 0.1) is 5.82 Å². The first-order chi connectivity index (χ1) is 12.6. The minimum atomic E-state index is -0.488. The van der Waals surface area contributed by atoms with Crippen LogP contribution < -0.4 is 5.73 Å². The lowest BCUT2D eigenvalue weighted by Gasteiger charge is -2.07. The normalized spacial score (nSPS) is 11.0. The largest absolute Gasteiger partial charge is 0.384 e. The molecule has 3 heterocycles. The summed E-state index contributed by atoms with van der Waals surface area (Å²) in [5.74, 6) is 0.200. The molecule has 0 saturated carbocycles. The number of hydrogen-bond acceptors (Lipinski definition) is 6. The predicted molar refractivity (Wildman–Crippen MR) is 93.7 cm³/mol. The van der Waals surface area contributed by atoms with Crippen LogP contribution >= 0.6 is 11.6 Å². The highest BCUT2D eigenvalue weighted by molar-refractivity contribution is 6.30. The van der Waals surface area contributed by atoms with Gasteiger partial charge in [-0.3, -0.25) is 4.68 Å². The number of nitrogens with zero attached hydrogens (tertiary/aromatic N) is 5. The van der Waals surface area contributed by atoms with E-state index in [0.29, 0.717) is 34.3 Å². The monoisotopic (exact) mass is 370 g/mol. The van der Waals surface area contributed by atoms with Gasteiger partial charge in [0.1, 0.15) is 29.3 Å². The lowest BCUT2D eigenvalue weighted by molar-refractivity contribution is 0.421. The van der Waals surface area contributed by atoms with Gasteiger partial charge in [0.15, 0.2) is 5.82 Å². The van der Waals surface area contributed by atoms with Crippen LogP contribution in [0.25, 0.3) is 22.9 Å². The molecule has 0 aliphatic rings. The fourth-order valence-corrected chi connectivity index (χ4v) is 2.72. The van der Waals surface area contributed by atoms with Crippen molar-refractivity contribution < 1.29 is 8.91 Å². The van der Waals surface area contributed by atoms with Crippen LogP contribution in [0.3, 0.4) is 0 Å². The second kappa shape index (κ2) is 6.57. The number of rotatable bonds is 4. The quantitative estimate of drug-likeness (QED) is 0.591. The van der Waals surface area contributed by atoms with Crippen molar-refractivity contribution in [2.24, 2.45) is 0 Å². The number of aromatic nitrogens is 5. The molecule has 0 aliphatic carbocycles. The molecule has 2 N–H and O–H groups in total. The van der Waals surface area contributed by atoms with Crippen LogP contribution in [0.2, 0.25) is 5.02 Å². The Kier molecular flexibility index (Phi) is 4.10. The van der Waals surface area contributed by atoms with Crippen molar-refractivity contribution in [3.8, 4) is 22.9 Å². The minimum absolute atomic E-state index is 0.0528. The molecule has 3 aromatic heterocycles.